The molecule has 0 amide bonds. The number of fused-ring (bicyclic) bond motifs is 1. The molecule has 0 aliphatic carbocycles. The third kappa shape index (κ3) is 4.12. The van der Waals surface area contributed by atoms with E-state index in [1.807, 2.05) is 48.7 Å². The summed E-state index contributed by atoms with van der Waals surface area (Å²) in [4.78, 5) is 18.1. The maximum Gasteiger partial charge on any atom is 0.227 e. The van der Waals surface area contributed by atoms with Gasteiger partial charge in [-0.25, -0.2) is 9.97 Å². The number of methoxy groups -OCH3 is 1. The number of ether oxygens (including phenoxy) is 1. The minimum Gasteiger partial charge on any atom is -0.494 e. The molecule has 1 aliphatic rings. The minimum absolute atomic E-state index is 0.461. The Morgan fingerprint density at radius 3 is 2.70 bits per heavy atom. The van der Waals surface area contributed by atoms with Crippen LogP contribution >= 0.6 is 0 Å². The van der Waals surface area contributed by atoms with Crippen molar-refractivity contribution in [2.45, 2.75) is 6.04 Å². The maximum absolute atomic E-state index is 6.40. The van der Waals surface area contributed by atoms with E-state index in [1.54, 1.807) is 13.3 Å². The number of rotatable bonds is 6. The summed E-state index contributed by atoms with van der Waals surface area (Å²) < 4.78 is 5.65. The lowest BCUT2D eigenvalue weighted by Crippen LogP contribution is -2.57. The second kappa shape index (κ2) is 8.55. The van der Waals surface area contributed by atoms with Gasteiger partial charge in [0, 0.05) is 48.5 Å². The van der Waals surface area contributed by atoms with Gasteiger partial charge in [-0.05, 0) is 38.4 Å². The third-order valence-electron chi connectivity index (χ3n) is 6.07. The fourth-order valence-corrected chi connectivity index (χ4v) is 4.02. The van der Waals surface area contributed by atoms with Gasteiger partial charge in [-0.3, -0.25) is 4.98 Å². The SMILES string of the molecule is COc1cc(N2CC(N(C)C)C2)c(N)cc1Nc1nccc(-c2cnc3ccccc3c2)n1. The van der Waals surface area contributed by atoms with Crippen molar-refractivity contribution in [2.75, 3.05) is 50.2 Å². The molecule has 8 nitrogen and oxygen atoms in total. The van der Waals surface area contributed by atoms with Crippen LogP contribution in [0.1, 0.15) is 0 Å². The predicted molar refractivity (Wildman–Crippen MR) is 133 cm³/mol. The van der Waals surface area contributed by atoms with Crippen LogP contribution in [-0.4, -0.2) is 60.2 Å². The second-order valence-corrected chi connectivity index (χ2v) is 8.44. The lowest BCUT2D eigenvalue weighted by Gasteiger charge is -2.44. The molecule has 0 radical (unpaired) electrons. The lowest BCUT2D eigenvalue weighted by atomic mass is 10.1. The molecule has 1 fully saturated rings. The zero-order valence-corrected chi connectivity index (χ0v) is 19.0. The van der Waals surface area contributed by atoms with Crippen LogP contribution in [0.4, 0.5) is 23.0 Å². The zero-order chi connectivity index (χ0) is 22.9. The van der Waals surface area contributed by atoms with E-state index >= 15 is 0 Å². The number of hydrogen-bond donors (Lipinski definition) is 2. The number of aromatic nitrogens is 3. The van der Waals surface area contributed by atoms with E-state index in [1.165, 1.54) is 0 Å². The summed E-state index contributed by atoms with van der Waals surface area (Å²) in [6.45, 7) is 1.89. The Kier molecular flexibility index (Phi) is 5.43. The first kappa shape index (κ1) is 21.0. The Hall–Kier alpha value is -3.91. The molecular formula is C25H27N7O. The number of pyridine rings is 1. The Morgan fingerprint density at radius 1 is 1.09 bits per heavy atom. The molecule has 3 heterocycles. The molecule has 4 aromatic rings. The first-order valence-corrected chi connectivity index (χ1v) is 10.9. The van der Waals surface area contributed by atoms with Gasteiger partial charge >= 0.3 is 0 Å². The van der Waals surface area contributed by atoms with E-state index in [0.29, 0.717) is 23.4 Å². The van der Waals surface area contributed by atoms with Crippen LogP contribution in [0, 0.1) is 0 Å². The number of nitrogens with zero attached hydrogens (tertiary/aromatic N) is 5. The van der Waals surface area contributed by atoms with Crippen molar-refractivity contribution in [2.24, 2.45) is 0 Å². The molecule has 0 saturated carbocycles. The number of anilines is 4. The van der Waals surface area contributed by atoms with Crippen molar-refractivity contribution in [3.63, 3.8) is 0 Å². The van der Waals surface area contributed by atoms with Gasteiger partial charge in [0.2, 0.25) is 5.95 Å². The quantitative estimate of drug-likeness (QED) is 0.437. The van der Waals surface area contributed by atoms with Crippen LogP contribution in [0.15, 0.2) is 60.9 Å². The molecule has 1 aliphatic heterocycles. The van der Waals surface area contributed by atoms with E-state index in [-0.39, 0.29) is 0 Å². The summed E-state index contributed by atoms with van der Waals surface area (Å²) in [5.41, 5.74) is 11.4. The van der Waals surface area contributed by atoms with Crippen molar-refractivity contribution in [3.05, 3.63) is 60.9 Å². The number of benzene rings is 2. The zero-order valence-electron chi connectivity index (χ0n) is 19.0. The summed E-state index contributed by atoms with van der Waals surface area (Å²) in [6.07, 6.45) is 3.56. The number of nitrogens with two attached hydrogens (primary N) is 1. The predicted octanol–water partition coefficient (Wildman–Crippen LogP) is 3.78. The molecule has 33 heavy (non-hydrogen) atoms. The fourth-order valence-electron chi connectivity index (χ4n) is 4.02. The number of hydrogen-bond acceptors (Lipinski definition) is 8. The first-order valence-electron chi connectivity index (χ1n) is 10.9. The largest absolute Gasteiger partial charge is 0.494 e. The number of nitrogens with one attached hydrogen (secondary N) is 1. The Balaban J connectivity index is 1.40. The topological polar surface area (TPSA) is 92.4 Å². The van der Waals surface area contributed by atoms with E-state index in [4.69, 9.17) is 10.5 Å². The molecule has 0 spiro atoms. The lowest BCUT2D eigenvalue weighted by molar-refractivity contribution is 0.247. The second-order valence-electron chi connectivity index (χ2n) is 8.44. The molecule has 1 saturated heterocycles. The van der Waals surface area contributed by atoms with Gasteiger partial charge in [-0.1, -0.05) is 18.2 Å². The Bertz CT molecular complexity index is 1300. The smallest absolute Gasteiger partial charge is 0.227 e. The average molecular weight is 442 g/mol. The van der Waals surface area contributed by atoms with Crippen LogP contribution in [-0.2, 0) is 0 Å². The molecule has 168 valence electrons. The Labute approximate surface area is 193 Å². The number of para-hydroxylation sites is 1. The Morgan fingerprint density at radius 2 is 1.91 bits per heavy atom. The van der Waals surface area contributed by atoms with Gasteiger partial charge < -0.3 is 25.6 Å². The highest BCUT2D eigenvalue weighted by Crippen LogP contribution is 2.38. The van der Waals surface area contributed by atoms with E-state index in [0.717, 1.165) is 46.6 Å². The highest BCUT2D eigenvalue weighted by molar-refractivity contribution is 5.83. The summed E-state index contributed by atoms with van der Waals surface area (Å²) >= 11 is 0. The number of likely N-dealkylation sites (N-methyl/N-ethyl adjacent to an activating group) is 1. The van der Waals surface area contributed by atoms with Gasteiger partial charge in [0.15, 0.2) is 0 Å². The molecule has 2 aromatic heterocycles. The highest BCUT2D eigenvalue weighted by atomic mass is 16.5. The summed E-state index contributed by atoms with van der Waals surface area (Å²) in [5, 5.41) is 4.33. The minimum atomic E-state index is 0.461. The first-order chi connectivity index (χ1) is 16.0. The molecule has 0 bridgehead atoms. The van der Waals surface area contributed by atoms with Crippen LogP contribution in [0.3, 0.4) is 0 Å². The molecule has 5 rings (SSSR count). The van der Waals surface area contributed by atoms with Crippen LogP contribution in [0.25, 0.3) is 22.2 Å². The van der Waals surface area contributed by atoms with Gasteiger partial charge in [0.1, 0.15) is 5.75 Å². The van der Waals surface area contributed by atoms with E-state index < -0.39 is 0 Å². The van der Waals surface area contributed by atoms with E-state index in [2.05, 4.69) is 50.2 Å². The van der Waals surface area contributed by atoms with Gasteiger partial charge in [-0.2, -0.15) is 0 Å². The van der Waals surface area contributed by atoms with Gasteiger partial charge in [-0.15, -0.1) is 0 Å². The standard InChI is InChI=1S/C25H27N7O/c1-31(2)18-14-32(15-18)23-12-24(33-3)22(11-19(23)26)30-25-27-9-8-21(29-25)17-10-16-6-4-5-7-20(16)28-13-17/h4-13,18H,14-15,26H2,1-3H3,(H,27,29,30). The van der Waals surface area contributed by atoms with Crippen LogP contribution in [0.5, 0.6) is 5.75 Å². The average Bonchev–Trinajstić information content (AvgIpc) is 2.79. The molecule has 0 atom stereocenters. The van der Waals surface area contributed by atoms with Crippen molar-refractivity contribution in [3.8, 4) is 17.0 Å². The molecule has 8 heteroatoms. The normalized spacial score (nSPS) is 13.9. The van der Waals surface area contributed by atoms with Crippen molar-refractivity contribution >= 4 is 33.9 Å². The van der Waals surface area contributed by atoms with Crippen molar-refractivity contribution in [1.82, 2.24) is 19.9 Å². The molecular weight excluding hydrogens is 414 g/mol. The van der Waals surface area contributed by atoms with Gasteiger partial charge in [0.05, 0.1) is 35.4 Å². The molecule has 3 N–H and O–H groups in total. The summed E-state index contributed by atoms with van der Waals surface area (Å²) in [7, 11) is 5.85. The van der Waals surface area contributed by atoms with E-state index in [9.17, 15) is 0 Å². The third-order valence-corrected chi connectivity index (χ3v) is 6.07. The van der Waals surface area contributed by atoms with Crippen LogP contribution < -0.4 is 20.7 Å². The summed E-state index contributed by atoms with van der Waals surface area (Å²) in [6, 6.07) is 16.4. The summed E-state index contributed by atoms with van der Waals surface area (Å²) in [5.74, 6) is 1.15. The molecule has 0 unspecified atom stereocenters. The monoisotopic (exact) mass is 441 g/mol. The fraction of sp³-hybridized carbons (Fsp3) is 0.240. The van der Waals surface area contributed by atoms with Crippen molar-refractivity contribution in [1.29, 1.82) is 0 Å². The van der Waals surface area contributed by atoms with Crippen LogP contribution in [0.2, 0.25) is 0 Å². The van der Waals surface area contributed by atoms with Gasteiger partial charge in [0.25, 0.3) is 0 Å². The highest BCUT2D eigenvalue weighted by Gasteiger charge is 2.30. The van der Waals surface area contributed by atoms with Crippen molar-refractivity contribution < 1.29 is 4.74 Å². The maximum atomic E-state index is 6.40. The molecule has 2 aromatic carbocycles. The number of nitrogen functional groups attached to an aromatic ring is 1.